The summed E-state index contributed by atoms with van der Waals surface area (Å²) >= 11 is 0. The molecule has 0 radical (unpaired) electrons. The maximum Gasteiger partial charge on any atom is 0.357 e. The summed E-state index contributed by atoms with van der Waals surface area (Å²) in [6, 6.07) is 1.81. The maximum absolute atomic E-state index is 11.5. The van der Waals surface area contributed by atoms with Gasteiger partial charge in [-0.05, 0) is 19.1 Å². The topological polar surface area (TPSA) is 137 Å². The molecule has 0 aliphatic rings. The second-order valence-corrected chi connectivity index (χ2v) is 3.38. The first-order valence-electron chi connectivity index (χ1n) is 4.93. The number of anilines is 1. The van der Waals surface area contributed by atoms with Crippen molar-refractivity contribution in [1.29, 1.82) is 0 Å². The highest BCUT2D eigenvalue weighted by Gasteiger charge is 2.20. The highest BCUT2D eigenvalue weighted by Crippen LogP contribution is 2.04. The first-order valence-corrected chi connectivity index (χ1v) is 4.93. The first-order chi connectivity index (χ1) is 8.40. The monoisotopic (exact) mass is 252 g/mol. The Labute approximate surface area is 102 Å². The predicted octanol–water partition coefficient (Wildman–Crippen LogP) is -0.596. The number of imide groups is 1. The molecule has 0 aliphatic heterocycles. The fourth-order valence-corrected chi connectivity index (χ4v) is 1.02. The van der Waals surface area contributed by atoms with Crippen LogP contribution in [0.15, 0.2) is 18.3 Å². The fourth-order valence-electron chi connectivity index (χ4n) is 1.02. The van der Waals surface area contributed by atoms with Crippen molar-refractivity contribution in [3.05, 3.63) is 24.0 Å². The van der Waals surface area contributed by atoms with Crippen LogP contribution in [-0.2, 0) is 9.53 Å². The fraction of sp³-hybridized carbons (Fsp3) is 0.200. The number of carbonyl (C=O) groups is 3. The number of ether oxygens (including phenoxy) is 1. The quantitative estimate of drug-likeness (QED) is 0.614. The van der Waals surface area contributed by atoms with Crippen LogP contribution in [0.25, 0.3) is 0 Å². The number of esters is 1. The van der Waals surface area contributed by atoms with Crippen molar-refractivity contribution in [3.8, 4) is 0 Å². The minimum absolute atomic E-state index is 0.00271. The summed E-state index contributed by atoms with van der Waals surface area (Å²) in [5.41, 5.74) is 10.6. The molecule has 1 heterocycles. The number of aromatic nitrogens is 1. The molecule has 0 aromatic carbocycles. The standard InChI is InChI=1S/C10H12N4O4/c1-5(8(15)14-10(12)17)18-9(16)7-3-2-6(11)4-13-7/h2-5H,11H2,1H3,(H3,12,14,15,17). The Bertz CT molecular complexity index is 471. The Morgan fingerprint density at radius 1 is 1.39 bits per heavy atom. The molecule has 18 heavy (non-hydrogen) atoms. The molecule has 0 fully saturated rings. The molecule has 0 bridgehead atoms. The van der Waals surface area contributed by atoms with Crippen LogP contribution in [0.1, 0.15) is 17.4 Å². The molecular weight excluding hydrogens is 240 g/mol. The lowest BCUT2D eigenvalue weighted by molar-refractivity contribution is -0.127. The third-order valence-corrected chi connectivity index (χ3v) is 1.89. The highest BCUT2D eigenvalue weighted by atomic mass is 16.5. The van der Waals surface area contributed by atoms with Crippen molar-refractivity contribution in [2.45, 2.75) is 13.0 Å². The molecule has 1 aromatic heterocycles. The van der Waals surface area contributed by atoms with Crippen LogP contribution in [0, 0.1) is 0 Å². The van der Waals surface area contributed by atoms with E-state index < -0.39 is 24.0 Å². The van der Waals surface area contributed by atoms with Crippen LogP contribution in [0.2, 0.25) is 0 Å². The average Bonchev–Trinajstić information content (AvgIpc) is 2.28. The Kier molecular flexibility index (Phi) is 4.19. The lowest BCUT2D eigenvalue weighted by atomic mass is 10.3. The average molecular weight is 252 g/mol. The van der Waals surface area contributed by atoms with Crippen LogP contribution >= 0.6 is 0 Å². The third kappa shape index (κ3) is 3.74. The Morgan fingerprint density at radius 3 is 2.56 bits per heavy atom. The number of rotatable bonds is 3. The number of pyridine rings is 1. The van der Waals surface area contributed by atoms with E-state index in [9.17, 15) is 14.4 Å². The molecule has 0 aliphatic carbocycles. The van der Waals surface area contributed by atoms with Crippen LogP contribution in [0.5, 0.6) is 0 Å². The number of nitrogen functional groups attached to an aromatic ring is 1. The molecule has 0 saturated heterocycles. The number of urea groups is 1. The highest BCUT2D eigenvalue weighted by molar-refractivity contribution is 5.97. The van der Waals surface area contributed by atoms with E-state index in [4.69, 9.17) is 16.2 Å². The van der Waals surface area contributed by atoms with Crippen molar-refractivity contribution in [3.63, 3.8) is 0 Å². The van der Waals surface area contributed by atoms with Crippen molar-refractivity contribution >= 4 is 23.6 Å². The summed E-state index contributed by atoms with van der Waals surface area (Å²) in [5.74, 6) is -1.62. The SMILES string of the molecule is CC(OC(=O)c1ccc(N)cn1)C(=O)NC(N)=O. The van der Waals surface area contributed by atoms with Crippen LogP contribution in [-0.4, -0.2) is 29.0 Å². The van der Waals surface area contributed by atoms with Gasteiger partial charge in [-0.1, -0.05) is 0 Å². The number of nitrogens with two attached hydrogens (primary N) is 2. The molecular formula is C10H12N4O4. The number of carbonyl (C=O) groups excluding carboxylic acids is 3. The van der Waals surface area contributed by atoms with Gasteiger partial charge in [-0.3, -0.25) is 10.1 Å². The zero-order valence-electron chi connectivity index (χ0n) is 9.54. The minimum Gasteiger partial charge on any atom is -0.448 e. The molecule has 3 amide bonds. The summed E-state index contributed by atoms with van der Waals surface area (Å²) in [4.78, 5) is 36.9. The molecule has 1 atom stereocenters. The molecule has 0 saturated carbocycles. The summed E-state index contributed by atoms with van der Waals surface area (Å²) in [5, 5.41) is 1.79. The van der Waals surface area contributed by atoms with E-state index in [0.29, 0.717) is 5.69 Å². The molecule has 8 nitrogen and oxygen atoms in total. The molecule has 0 spiro atoms. The van der Waals surface area contributed by atoms with E-state index in [1.54, 1.807) is 5.32 Å². The zero-order valence-corrected chi connectivity index (χ0v) is 9.54. The van der Waals surface area contributed by atoms with Gasteiger partial charge >= 0.3 is 12.0 Å². The van der Waals surface area contributed by atoms with Crippen molar-refractivity contribution in [1.82, 2.24) is 10.3 Å². The van der Waals surface area contributed by atoms with Gasteiger partial charge in [-0.15, -0.1) is 0 Å². The lowest BCUT2D eigenvalue weighted by Gasteiger charge is -2.11. The number of nitrogens with one attached hydrogen (secondary N) is 1. The van der Waals surface area contributed by atoms with Crippen LogP contribution in [0.4, 0.5) is 10.5 Å². The zero-order chi connectivity index (χ0) is 13.7. The number of primary amides is 1. The van der Waals surface area contributed by atoms with Gasteiger partial charge in [-0.25, -0.2) is 14.6 Å². The Balaban J connectivity index is 2.62. The number of hydrogen-bond acceptors (Lipinski definition) is 6. The molecule has 1 rings (SSSR count). The molecule has 5 N–H and O–H groups in total. The van der Waals surface area contributed by atoms with Crippen molar-refractivity contribution < 1.29 is 19.1 Å². The van der Waals surface area contributed by atoms with E-state index in [-0.39, 0.29) is 5.69 Å². The van der Waals surface area contributed by atoms with Crippen LogP contribution in [0.3, 0.4) is 0 Å². The van der Waals surface area contributed by atoms with Gasteiger partial charge in [0.2, 0.25) is 0 Å². The summed E-state index contributed by atoms with van der Waals surface area (Å²) in [6.45, 7) is 1.30. The maximum atomic E-state index is 11.5. The number of nitrogens with zero attached hydrogens (tertiary/aromatic N) is 1. The van der Waals surface area contributed by atoms with Gasteiger partial charge in [0, 0.05) is 0 Å². The molecule has 8 heteroatoms. The van der Waals surface area contributed by atoms with E-state index in [0.717, 1.165) is 0 Å². The molecule has 1 aromatic rings. The van der Waals surface area contributed by atoms with E-state index in [1.807, 2.05) is 0 Å². The van der Waals surface area contributed by atoms with Gasteiger partial charge in [0.1, 0.15) is 5.69 Å². The predicted molar refractivity (Wildman–Crippen MR) is 61.3 cm³/mol. The van der Waals surface area contributed by atoms with Gasteiger partial charge < -0.3 is 16.2 Å². The van der Waals surface area contributed by atoms with Gasteiger partial charge in [0.25, 0.3) is 5.91 Å². The summed E-state index contributed by atoms with van der Waals surface area (Å²) < 4.78 is 4.78. The minimum atomic E-state index is -1.16. The molecule has 96 valence electrons. The van der Waals surface area contributed by atoms with Gasteiger partial charge in [0.15, 0.2) is 6.10 Å². The molecule has 1 unspecified atom stereocenters. The summed E-state index contributed by atoms with van der Waals surface area (Å²) in [7, 11) is 0. The smallest absolute Gasteiger partial charge is 0.357 e. The van der Waals surface area contributed by atoms with Gasteiger partial charge in [-0.2, -0.15) is 0 Å². The van der Waals surface area contributed by atoms with E-state index in [2.05, 4.69) is 4.98 Å². The van der Waals surface area contributed by atoms with E-state index in [1.165, 1.54) is 25.3 Å². The van der Waals surface area contributed by atoms with Gasteiger partial charge in [0.05, 0.1) is 11.9 Å². The summed E-state index contributed by atoms with van der Waals surface area (Å²) in [6.07, 6.45) is 0.120. The second-order valence-electron chi connectivity index (χ2n) is 3.38. The Morgan fingerprint density at radius 2 is 2.06 bits per heavy atom. The third-order valence-electron chi connectivity index (χ3n) is 1.89. The van der Waals surface area contributed by atoms with Crippen LogP contribution < -0.4 is 16.8 Å². The van der Waals surface area contributed by atoms with Crippen molar-refractivity contribution in [2.75, 3.05) is 5.73 Å². The first kappa shape index (κ1) is 13.4. The number of hydrogen-bond donors (Lipinski definition) is 3. The number of amides is 3. The normalized spacial score (nSPS) is 11.4. The Hall–Kier alpha value is -2.64. The van der Waals surface area contributed by atoms with Crippen molar-refractivity contribution in [2.24, 2.45) is 5.73 Å². The largest absolute Gasteiger partial charge is 0.448 e. The lowest BCUT2D eigenvalue weighted by Crippen LogP contribution is -2.42. The second kappa shape index (κ2) is 5.62. The van der Waals surface area contributed by atoms with E-state index >= 15 is 0 Å².